The molecule has 0 fully saturated rings. The molecule has 0 aromatic heterocycles. The minimum atomic E-state index is -0.939. The van der Waals surface area contributed by atoms with Crippen LogP contribution in [-0.4, -0.2) is 24.8 Å². The third-order valence-electron chi connectivity index (χ3n) is 3.38. The molecule has 28 heavy (non-hydrogen) atoms. The largest absolute Gasteiger partial charge is 0.488 e. The van der Waals surface area contributed by atoms with Crippen LogP contribution < -0.4 is 9.47 Å². The summed E-state index contributed by atoms with van der Waals surface area (Å²) in [6.45, 7) is 3.22. The smallest absolute Gasteiger partial charge is 0.347 e. The summed E-state index contributed by atoms with van der Waals surface area (Å²) in [6.07, 6.45) is -1.53. The number of hydrogen-bond donors (Lipinski definition) is 0. The van der Waals surface area contributed by atoms with Crippen LogP contribution in [0.3, 0.4) is 0 Å². The van der Waals surface area contributed by atoms with Crippen LogP contribution in [0.25, 0.3) is 0 Å². The van der Waals surface area contributed by atoms with Crippen LogP contribution >= 0.6 is 69.6 Å². The van der Waals surface area contributed by atoms with Crippen LogP contribution in [-0.2, 0) is 9.53 Å². The fourth-order valence-electron chi connectivity index (χ4n) is 1.98. The Hall–Kier alpha value is -0.750. The van der Waals surface area contributed by atoms with Crippen LogP contribution in [0.15, 0.2) is 24.3 Å². The van der Waals surface area contributed by atoms with Crippen LogP contribution in [0, 0.1) is 0 Å². The molecular formula is C18H14Cl6O4. The molecule has 0 aliphatic rings. The normalized spacial score (nSPS) is 13.0. The number of hydrogen-bond acceptors (Lipinski definition) is 4. The predicted octanol–water partition coefficient (Wildman–Crippen LogP) is 7.39. The third-order valence-corrected chi connectivity index (χ3v) is 5.41. The summed E-state index contributed by atoms with van der Waals surface area (Å²) in [5.74, 6) is -0.0728. The highest BCUT2D eigenvalue weighted by Crippen LogP contribution is 2.35. The van der Waals surface area contributed by atoms with Gasteiger partial charge in [0.25, 0.3) is 0 Å². The quantitative estimate of drug-likeness (QED) is 0.290. The Morgan fingerprint density at radius 3 is 1.82 bits per heavy atom. The molecule has 152 valence electrons. The average Bonchev–Trinajstić information content (AvgIpc) is 2.61. The van der Waals surface area contributed by atoms with Crippen molar-refractivity contribution in [2.75, 3.05) is 6.61 Å². The first-order valence-corrected chi connectivity index (χ1v) is 10.1. The van der Waals surface area contributed by atoms with Gasteiger partial charge in [-0.1, -0.05) is 69.6 Å². The predicted molar refractivity (Wildman–Crippen MR) is 114 cm³/mol. The number of esters is 1. The summed E-state index contributed by atoms with van der Waals surface area (Å²) >= 11 is 35.7. The van der Waals surface area contributed by atoms with Gasteiger partial charge >= 0.3 is 5.97 Å². The van der Waals surface area contributed by atoms with Crippen molar-refractivity contribution in [3.05, 3.63) is 54.4 Å². The molecule has 0 saturated carbocycles. The van der Waals surface area contributed by atoms with Crippen LogP contribution in [0.2, 0.25) is 30.1 Å². The molecule has 2 aromatic rings. The second-order valence-electron chi connectivity index (χ2n) is 5.71. The Bertz CT molecular complexity index is 874. The topological polar surface area (TPSA) is 44.8 Å². The summed E-state index contributed by atoms with van der Waals surface area (Å²) in [6, 6.07) is 5.80. The molecule has 0 spiro atoms. The van der Waals surface area contributed by atoms with E-state index in [-0.39, 0.29) is 27.4 Å². The molecule has 0 aliphatic carbocycles. The Morgan fingerprint density at radius 1 is 0.786 bits per heavy atom. The van der Waals surface area contributed by atoms with Gasteiger partial charge < -0.3 is 14.2 Å². The van der Waals surface area contributed by atoms with Crippen molar-refractivity contribution >= 4 is 75.6 Å². The minimum Gasteiger partial charge on any atom is -0.488 e. The minimum absolute atomic E-state index is 0.0453. The van der Waals surface area contributed by atoms with E-state index >= 15 is 0 Å². The lowest BCUT2D eigenvalue weighted by Gasteiger charge is -2.19. The van der Waals surface area contributed by atoms with Gasteiger partial charge in [0, 0.05) is 12.1 Å². The molecule has 0 heterocycles. The number of carbonyl (C=O) groups is 1. The molecule has 2 unspecified atom stereocenters. The first-order chi connectivity index (χ1) is 13.1. The highest BCUT2D eigenvalue weighted by Gasteiger charge is 2.21. The maximum Gasteiger partial charge on any atom is 0.347 e. The van der Waals surface area contributed by atoms with Crippen molar-refractivity contribution in [3.8, 4) is 11.5 Å². The lowest BCUT2D eigenvalue weighted by molar-refractivity contribution is -0.157. The molecule has 2 atom stereocenters. The molecule has 0 radical (unpaired) electrons. The third kappa shape index (κ3) is 6.38. The average molecular weight is 507 g/mol. The second kappa shape index (κ2) is 10.3. The summed E-state index contributed by atoms with van der Waals surface area (Å²) in [5.41, 5.74) is 0. The zero-order valence-corrected chi connectivity index (χ0v) is 19.1. The Kier molecular flexibility index (Phi) is 8.68. The van der Waals surface area contributed by atoms with E-state index in [4.69, 9.17) is 83.8 Å². The Labute approximate surface area is 192 Å². The fourth-order valence-corrected chi connectivity index (χ4v) is 3.16. The number of benzene rings is 2. The fraction of sp³-hybridized carbons (Fsp3) is 0.278. The van der Waals surface area contributed by atoms with Crippen molar-refractivity contribution in [1.82, 2.24) is 0 Å². The molecule has 0 aliphatic heterocycles. The van der Waals surface area contributed by atoms with Crippen LogP contribution in [0.1, 0.15) is 13.8 Å². The lowest BCUT2D eigenvalue weighted by Crippen LogP contribution is -2.31. The molecule has 0 bridgehead atoms. The summed E-state index contributed by atoms with van der Waals surface area (Å²) in [4.78, 5) is 12.2. The van der Waals surface area contributed by atoms with Crippen molar-refractivity contribution < 1.29 is 19.0 Å². The van der Waals surface area contributed by atoms with E-state index in [1.165, 1.54) is 31.2 Å². The first kappa shape index (κ1) is 23.5. The van der Waals surface area contributed by atoms with Gasteiger partial charge in [-0.2, -0.15) is 0 Å². The van der Waals surface area contributed by atoms with Crippen molar-refractivity contribution in [3.63, 3.8) is 0 Å². The van der Waals surface area contributed by atoms with E-state index in [0.717, 1.165) is 0 Å². The molecule has 0 saturated heterocycles. The van der Waals surface area contributed by atoms with E-state index in [0.29, 0.717) is 20.8 Å². The number of halogens is 6. The number of rotatable bonds is 7. The second-order valence-corrected chi connectivity index (χ2v) is 8.16. The van der Waals surface area contributed by atoms with Gasteiger partial charge in [0.15, 0.2) is 6.10 Å². The zero-order chi connectivity index (χ0) is 21.0. The van der Waals surface area contributed by atoms with Crippen LogP contribution in [0.5, 0.6) is 11.5 Å². The summed E-state index contributed by atoms with van der Waals surface area (Å²) < 4.78 is 16.3. The number of carbonyl (C=O) groups excluding carboxylic acids is 1. The first-order valence-electron chi connectivity index (χ1n) is 7.87. The molecular weight excluding hydrogens is 493 g/mol. The van der Waals surface area contributed by atoms with E-state index in [1.807, 2.05) is 0 Å². The van der Waals surface area contributed by atoms with Gasteiger partial charge in [-0.15, -0.1) is 0 Å². The highest BCUT2D eigenvalue weighted by atomic mass is 35.5. The SMILES string of the molecule is CC(COc1cc(Cl)c(Cl)cc1Cl)OC(=O)C(C)Oc1cc(Cl)c(Cl)cc1Cl. The monoisotopic (exact) mass is 504 g/mol. The summed E-state index contributed by atoms with van der Waals surface area (Å²) in [5, 5.41) is 1.65. The molecule has 4 nitrogen and oxygen atoms in total. The Balaban J connectivity index is 1.91. The molecule has 0 N–H and O–H groups in total. The van der Waals surface area contributed by atoms with Gasteiger partial charge in [0.2, 0.25) is 0 Å². The molecule has 2 rings (SSSR count). The maximum absolute atomic E-state index is 12.2. The van der Waals surface area contributed by atoms with Gasteiger partial charge in [0.05, 0.1) is 30.1 Å². The van der Waals surface area contributed by atoms with Crippen molar-refractivity contribution in [2.45, 2.75) is 26.1 Å². The molecule has 2 aromatic carbocycles. The van der Waals surface area contributed by atoms with Gasteiger partial charge in [-0.25, -0.2) is 4.79 Å². The van der Waals surface area contributed by atoms with Crippen molar-refractivity contribution in [2.24, 2.45) is 0 Å². The van der Waals surface area contributed by atoms with Gasteiger partial charge in [-0.05, 0) is 26.0 Å². The van der Waals surface area contributed by atoms with E-state index < -0.39 is 18.2 Å². The van der Waals surface area contributed by atoms with E-state index in [1.54, 1.807) is 6.92 Å². The van der Waals surface area contributed by atoms with Crippen molar-refractivity contribution in [1.29, 1.82) is 0 Å². The Morgan fingerprint density at radius 2 is 1.25 bits per heavy atom. The lowest BCUT2D eigenvalue weighted by atomic mass is 10.3. The molecule has 10 heteroatoms. The van der Waals surface area contributed by atoms with Gasteiger partial charge in [-0.3, -0.25) is 0 Å². The maximum atomic E-state index is 12.2. The molecule has 0 amide bonds. The van der Waals surface area contributed by atoms with E-state index in [2.05, 4.69) is 0 Å². The van der Waals surface area contributed by atoms with Gasteiger partial charge in [0.1, 0.15) is 24.2 Å². The zero-order valence-electron chi connectivity index (χ0n) is 14.6. The number of ether oxygens (including phenoxy) is 3. The standard InChI is InChI=1S/C18H14Cl6O4/c1-8(7-26-16-5-12(21)10(19)3-14(16)23)27-18(25)9(2)28-17-6-13(22)11(20)4-15(17)24/h3-6,8-9H,7H2,1-2H3. The van der Waals surface area contributed by atoms with E-state index in [9.17, 15) is 4.79 Å². The highest BCUT2D eigenvalue weighted by molar-refractivity contribution is 6.44. The summed E-state index contributed by atoms with van der Waals surface area (Å²) in [7, 11) is 0. The van der Waals surface area contributed by atoms with Crippen LogP contribution in [0.4, 0.5) is 0 Å².